The highest BCUT2D eigenvalue weighted by atomic mass is 35.5. The van der Waals surface area contributed by atoms with Gasteiger partial charge in [-0.3, -0.25) is 18.9 Å². The third-order valence-corrected chi connectivity index (χ3v) is 7.72. The summed E-state index contributed by atoms with van der Waals surface area (Å²) in [4.78, 5) is 41.5. The van der Waals surface area contributed by atoms with Crippen molar-refractivity contribution in [3.05, 3.63) is 47.2 Å². The van der Waals surface area contributed by atoms with Gasteiger partial charge in [-0.1, -0.05) is 18.2 Å². The van der Waals surface area contributed by atoms with E-state index in [0.29, 0.717) is 43.9 Å². The number of alkyl halides is 4. The monoisotopic (exact) mass is 637 g/mol. The van der Waals surface area contributed by atoms with Crippen LogP contribution in [0.4, 0.5) is 29.2 Å². The molecule has 0 bridgehead atoms. The number of likely N-dealkylation sites (tertiary alicyclic amines) is 1. The zero-order valence-corrected chi connectivity index (χ0v) is 24.1. The van der Waals surface area contributed by atoms with E-state index in [1.807, 2.05) is 9.80 Å². The molecule has 2 aromatic heterocycles. The van der Waals surface area contributed by atoms with Gasteiger partial charge < -0.3 is 25.0 Å². The van der Waals surface area contributed by atoms with Crippen LogP contribution in [0.2, 0.25) is 5.02 Å². The molecular weight excluding hydrogens is 610 g/mol. The molecule has 4 heterocycles. The molecule has 0 unspecified atom stereocenters. The fraction of sp³-hybridized carbons (Fsp3) is 0.393. The molecule has 2 aliphatic rings. The normalized spacial score (nSPS) is 16.1. The molecular formula is C28H28ClF4N7O4. The molecule has 3 aromatic rings. The van der Waals surface area contributed by atoms with Crippen molar-refractivity contribution in [2.45, 2.75) is 6.18 Å². The predicted molar refractivity (Wildman–Crippen MR) is 154 cm³/mol. The van der Waals surface area contributed by atoms with E-state index < -0.39 is 23.3 Å². The molecule has 2 aliphatic heterocycles. The van der Waals surface area contributed by atoms with Crippen molar-refractivity contribution in [1.29, 1.82) is 0 Å². The number of halogens is 5. The Morgan fingerprint density at radius 3 is 2.52 bits per heavy atom. The van der Waals surface area contributed by atoms with Crippen LogP contribution in [-0.2, 0) is 20.5 Å². The summed E-state index contributed by atoms with van der Waals surface area (Å²) in [7, 11) is 0. The van der Waals surface area contributed by atoms with Crippen LogP contribution in [0.25, 0.3) is 22.2 Å². The average Bonchev–Trinajstić information content (AvgIpc) is 2.97. The van der Waals surface area contributed by atoms with E-state index in [4.69, 9.17) is 22.1 Å². The van der Waals surface area contributed by atoms with E-state index in [2.05, 4.69) is 26.3 Å². The first kappa shape index (κ1) is 31.2. The SMILES string of the molecule is C=C(OC=O)C(=O)N1CCN(c2nc(OCCN3CC(CF)C3)nc3cc(-c4nc(N)ccc4C(F)(F)F)c(Cl)cc23)CC1. The molecule has 2 fully saturated rings. The Morgan fingerprint density at radius 2 is 1.86 bits per heavy atom. The Hall–Kier alpha value is -4.24. The zero-order valence-electron chi connectivity index (χ0n) is 23.3. The number of ether oxygens (including phenoxy) is 2. The van der Waals surface area contributed by atoms with Crippen LogP contribution in [0.3, 0.4) is 0 Å². The number of rotatable bonds is 10. The third-order valence-electron chi connectivity index (χ3n) is 7.41. The highest BCUT2D eigenvalue weighted by molar-refractivity contribution is 6.34. The number of nitrogens with zero attached hydrogens (tertiary/aromatic N) is 6. The molecule has 11 nitrogen and oxygen atoms in total. The van der Waals surface area contributed by atoms with Crippen molar-refractivity contribution in [1.82, 2.24) is 24.8 Å². The maximum Gasteiger partial charge on any atom is 0.418 e. The van der Waals surface area contributed by atoms with Crippen molar-refractivity contribution < 1.29 is 36.6 Å². The van der Waals surface area contributed by atoms with E-state index >= 15 is 0 Å². The molecule has 1 amide bonds. The van der Waals surface area contributed by atoms with E-state index in [-0.39, 0.29) is 72.5 Å². The van der Waals surface area contributed by atoms with Crippen molar-refractivity contribution >= 4 is 46.5 Å². The van der Waals surface area contributed by atoms with Crippen molar-refractivity contribution in [3.63, 3.8) is 0 Å². The summed E-state index contributed by atoms with van der Waals surface area (Å²) in [6.07, 6.45) is -4.73. The number of benzene rings is 1. The Labute approximate surface area is 254 Å². The van der Waals surface area contributed by atoms with Gasteiger partial charge in [-0.05, 0) is 24.3 Å². The number of hydrogen-bond donors (Lipinski definition) is 1. The first-order valence-electron chi connectivity index (χ1n) is 13.6. The fourth-order valence-electron chi connectivity index (χ4n) is 5.14. The second-order valence-corrected chi connectivity index (χ2v) is 10.8. The van der Waals surface area contributed by atoms with Gasteiger partial charge in [0.2, 0.25) is 0 Å². The number of nitrogen functional groups attached to an aromatic ring is 1. The molecule has 2 N–H and O–H groups in total. The van der Waals surface area contributed by atoms with E-state index in [1.54, 1.807) is 0 Å². The van der Waals surface area contributed by atoms with Gasteiger partial charge in [0, 0.05) is 62.7 Å². The lowest BCUT2D eigenvalue weighted by atomic mass is 10.0. The quantitative estimate of drug-likeness (QED) is 0.153. The first-order chi connectivity index (χ1) is 21.0. The Morgan fingerprint density at radius 1 is 1.14 bits per heavy atom. The summed E-state index contributed by atoms with van der Waals surface area (Å²) in [6, 6.07) is 4.73. The van der Waals surface area contributed by atoms with Gasteiger partial charge in [-0.15, -0.1) is 0 Å². The minimum absolute atomic E-state index is 0.0108. The number of nitrogens with two attached hydrogens (primary N) is 1. The Kier molecular flexibility index (Phi) is 9.06. The van der Waals surface area contributed by atoms with Crippen LogP contribution >= 0.6 is 11.6 Å². The van der Waals surface area contributed by atoms with E-state index in [9.17, 15) is 27.2 Å². The van der Waals surface area contributed by atoms with Gasteiger partial charge in [0.1, 0.15) is 18.2 Å². The first-order valence-corrected chi connectivity index (χ1v) is 14.0. The van der Waals surface area contributed by atoms with E-state index in [0.717, 1.165) is 12.1 Å². The standard InChI is InChI=1S/C28H28ClF4N7O4/c1-16(44-15-41)26(42)40-6-4-39(5-7-40)25-19-10-21(29)18(24-20(28(31,32)33)2-3-23(34)36-24)11-22(19)35-27(37-25)43-9-8-38-13-17(12-30)14-38/h2-3,10-11,15,17H,1,4-9,12-14H2,(H2,34,36). The molecule has 0 aliphatic carbocycles. The minimum Gasteiger partial charge on any atom is -0.462 e. The summed E-state index contributed by atoms with van der Waals surface area (Å²) in [5.74, 6) is -0.546. The maximum atomic E-state index is 13.9. The Bertz CT molecular complexity index is 1580. The number of fused-ring (bicyclic) bond motifs is 1. The molecule has 2 saturated heterocycles. The summed E-state index contributed by atoms with van der Waals surface area (Å²) < 4.78 is 64.9. The molecule has 0 radical (unpaired) electrons. The number of pyridine rings is 1. The number of piperazine rings is 1. The van der Waals surface area contributed by atoms with Crippen LogP contribution in [-0.4, -0.2) is 96.2 Å². The number of amides is 1. The highest BCUT2D eigenvalue weighted by Crippen LogP contribution is 2.41. The molecule has 16 heteroatoms. The zero-order chi connectivity index (χ0) is 31.6. The van der Waals surface area contributed by atoms with Crippen LogP contribution < -0.4 is 15.4 Å². The van der Waals surface area contributed by atoms with Gasteiger partial charge >= 0.3 is 12.2 Å². The molecule has 0 saturated carbocycles. The van der Waals surface area contributed by atoms with Crippen LogP contribution in [0.1, 0.15) is 5.56 Å². The highest BCUT2D eigenvalue weighted by Gasteiger charge is 2.35. The van der Waals surface area contributed by atoms with Gasteiger partial charge in [0.05, 0.1) is 28.5 Å². The second kappa shape index (κ2) is 12.8. The number of anilines is 2. The lowest BCUT2D eigenvalue weighted by Crippen LogP contribution is -2.49. The van der Waals surface area contributed by atoms with Crippen LogP contribution in [0, 0.1) is 5.92 Å². The number of aromatic nitrogens is 3. The molecule has 1 aromatic carbocycles. The smallest absolute Gasteiger partial charge is 0.418 e. The lowest BCUT2D eigenvalue weighted by molar-refractivity contribution is -0.137. The maximum absolute atomic E-state index is 13.9. The predicted octanol–water partition coefficient (Wildman–Crippen LogP) is 3.56. The van der Waals surface area contributed by atoms with Gasteiger partial charge in [0.25, 0.3) is 12.4 Å². The molecule has 0 spiro atoms. The average molecular weight is 638 g/mol. The fourth-order valence-corrected chi connectivity index (χ4v) is 5.39. The molecule has 5 rings (SSSR count). The van der Waals surface area contributed by atoms with Crippen molar-refractivity contribution in [2.24, 2.45) is 5.92 Å². The lowest BCUT2D eigenvalue weighted by Gasteiger charge is -2.37. The van der Waals surface area contributed by atoms with Crippen molar-refractivity contribution in [3.8, 4) is 17.3 Å². The molecule has 0 atom stereocenters. The molecule has 234 valence electrons. The number of carbonyl (C=O) groups excluding carboxylic acids is 2. The number of hydrogen-bond acceptors (Lipinski definition) is 10. The Balaban J connectivity index is 1.49. The van der Waals surface area contributed by atoms with Gasteiger partial charge in [-0.2, -0.15) is 23.1 Å². The topological polar surface area (TPSA) is 127 Å². The van der Waals surface area contributed by atoms with E-state index in [1.165, 1.54) is 17.0 Å². The van der Waals surface area contributed by atoms with Gasteiger partial charge in [0.15, 0.2) is 5.76 Å². The van der Waals surface area contributed by atoms with Gasteiger partial charge in [-0.25, -0.2) is 4.98 Å². The summed E-state index contributed by atoms with van der Waals surface area (Å²) >= 11 is 6.57. The molecule has 44 heavy (non-hydrogen) atoms. The largest absolute Gasteiger partial charge is 0.462 e. The van der Waals surface area contributed by atoms with Crippen molar-refractivity contribution in [2.75, 3.05) is 69.7 Å². The van der Waals surface area contributed by atoms with Crippen LogP contribution in [0.15, 0.2) is 36.6 Å². The summed E-state index contributed by atoms with van der Waals surface area (Å²) in [6.45, 7) is 6.23. The number of carbonyl (C=O) groups is 2. The minimum atomic E-state index is -4.73. The second-order valence-electron chi connectivity index (χ2n) is 10.4. The summed E-state index contributed by atoms with van der Waals surface area (Å²) in [5.41, 5.74) is 4.49. The van der Waals surface area contributed by atoms with Crippen LogP contribution in [0.5, 0.6) is 6.01 Å². The third kappa shape index (κ3) is 6.63. The summed E-state index contributed by atoms with van der Waals surface area (Å²) in [5, 5.41) is 0.404.